The highest BCUT2D eigenvalue weighted by atomic mass is 16.7. The first kappa shape index (κ1) is 50.5. The Balaban J connectivity index is 1.23. The number of rotatable bonds is 5. The SMILES string of the molecule is C/C1=C/C=C/[C@H](C)[C@H](O)[C@@H](C)[C@@H](O)[C@@H](C)[C@H](OC(=O)CC(=O)N2CCCN(C)CC2)CC/C=C/O[C@@]2(C)Oc3c(C)c(O)c4c(c3C2=O)C2=NC3(CCN(CC(C)C)CC3)NC2=C(NC1=O)C4=O. The maximum atomic E-state index is 14.8. The fourth-order valence-corrected chi connectivity index (χ4v) is 10.2. The summed E-state index contributed by atoms with van der Waals surface area (Å²) in [6, 6.07) is 0. The summed E-state index contributed by atoms with van der Waals surface area (Å²) in [6.45, 7) is 19.0. The molecule has 2 saturated heterocycles. The van der Waals surface area contributed by atoms with Crippen LogP contribution in [0.25, 0.3) is 0 Å². The van der Waals surface area contributed by atoms with Crippen LogP contribution < -0.4 is 15.4 Å². The van der Waals surface area contributed by atoms with Crippen molar-refractivity contribution >= 4 is 35.1 Å². The Hall–Kier alpha value is -5.36. The summed E-state index contributed by atoms with van der Waals surface area (Å²) in [5.41, 5.74) is -0.189. The molecule has 17 nitrogen and oxygen atoms in total. The summed E-state index contributed by atoms with van der Waals surface area (Å²) in [5.74, 6) is -6.76. The Labute approximate surface area is 399 Å². The molecule has 6 aliphatic heterocycles. The summed E-state index contributed by atoms with van der Waals surface area (Å²) in [6.07, 6.45) is 6.62. The van der Waals surface area contributed by atoms with Gasteiger partial charge in [0.2, 0.25) is 11.7 Å². The van der Waals surface area contributed by atoms with Crippen LogP contribution in [0.3, 0.4) is 0 Å². The predicted octanol–water partition coefficient (Wildman–Crippen LogP) is 4.28. The minimum Gasteiger partial charge on any atom is -0.507 e. The average Bonchev–Trinajstić information content (AvgIpc) is 3.68. The van der Waals surface area contributed by atoms with E-state index >= 15 is 0 Å². The van der Waals surface area contributed by atoms with Crippen LogP contribution in [0.5, 0.6) is 11.5 Å². The van der Waals surface area contributed by atoms with E-state index < -0.39 is 83.1 Å². The fourth-order valence-electron chi connectivity index (χ4n) is 10.2. The summed E-state index contributed by atoms with van der Waals surface area (Å²) in [5, 5.41) is 41.3. The van der Waals surface area contributed by atoms with Crippen LogP contribution in [0.1, 0.15) is 119 Å². The molecule has 7 atom stereocenters. The summed E-state index contributed by atoms with van der Waals surface area (Å²) in [7, 11) is 1.99. The lowest BCUT2D eigenvalue weighted by atomic mass is 9.81. The number of allylic oxidation sites excluding steroid dienone is 5. The molecule has 7 aliphatic rings. The van der Waals surface area contributed by atoms with Crippen LogP contribution in [0.2, 0.25) is 0 Å². The highest BCUT2D eigenvalue weighted by molar-refractivity contribution is 6.34. The van der Waals surface area contributed by atoms with Gasteiger partial charge in [-0.15, -0.1) is 0 Å². The highest BCUT2D eigenvalue weighted by Crippen LogP contribution is 2.50. The van der Waals surface area contributed by atoms with Crippen molar-refractivity contribution in [1.82, 2.24) is 25.3 Å². The number of esters is 1. The van der Waals surface area contributed by atoms with Crippen molar-refractivity contribution in [2.24, 2.45) is 28.7 Å². The van der Waals surface area contributed by atoms with E-state index in [1.54, 1.807) is 56.9 Å². The van der Waals surface area contributed by atoms with E-state index in [4.69, 9.17) is 19.2 Å². The lowest BCUT2D eigenvalue weighted by Gasteiger charge is -2.38. The van der Waals surface area contributed by atoms with Crippen molar-refractivity contribution in [3.63, 3.8) is 0 Å². The summed E-state index contributed by atoms with van der Waals surface area (Å²) < 4.78 is 18.3. The molecule has 6 heterocycles. The zero-order valence-electron chi connectivity index (χ0n) is 41.0. The van der Waals surface area contributed by atoms with E-state index in [0.717, 1.165) is 19.5 Å². The monoisotopic (exact) mass is 943 g/mol. The number of hydrogen-bond donors (Lipinski definition) is 5. The average molecular weight is 943 g/mol. The van der Waals surface area contributed by atoms with Crippen LogP contribution in [0.15, 0.2) is 52.5 Å². The number of aliphatic hydroxyl groups is 2. The summed E-state index contributed by atoms with van der Waals surface area (Å²) >= 11 is 0. The molecule has 370 valence electrons. The number of fused-ring (bicyclic) bond motifs is 13. The molecule has 1 spiro atoms. The van der Waals surface area contributed by atoms with Crippen LogP contribution in [-0.2, 0) is 23.9 Å². The molecule has 2 fully saturated rings. The highest BCUT2D eigenvalue weighted by Gasteiger charge is 2.54. The maximum absolute atomic E-state index is 14.8. The molecule has 8 rings (SSSR count). The van der Waals surface area contributed by atoms with Crippen LogP contribution >= 0.6 is 0 Å². The van der Waals surface area contributed by atoms with E-state index in [0.29, 0.717) is 51.5 Å². The molecule has 0 radical (unpaired) electrons. The van der Waals surface area contributed by atoms with Gasteiger partial charge in [0.15, 0.2) is 0 Å². The zero-order chi connectivity index (χ0) is 49.4. The van der Waals surface area contributed by atoms with E-state index in [1.807, 2.05) is 7.05 Å². The van der Waals surface area contributed by atoms with Crippen molar-refractivity contribution in [1.29, 1.82) is 0 Å². The van der Waals surface area contributed by atoms with Gasteiger partial charge in [-0.1, -0.05) is 52.8 Å². The second kappa shape index (κ2) is 20.3. The van der Waals surface area contributed by atoms with Gasteiger partial charge >= 0.3 is 11.8 Å². The number of ketones is 2. The van der Waals surface area contributed by atoms with Crippen molar-refractivity contribution in [3.05, 3.63) is 69.8 Å². The van der Waals surface area contributed by atoms with Crippen molar-refractivity contribution in [3.8, 4) is 11.5 Å². The molecule has 1 aromatic rings. The smallest absolute Gasteiger partial charge is 0.315 e. The fraction of sp³-hybridized carbons (Fsp3) is 0.608. The first-order valence-electron chi connectivity index (χ1n) is 24.2. The van der Waals surface area contributed by atoms with Gasteiger partial charge < -0.3 is 54.9 Å². The predicted molar refractivity (Wildman–Crippen MR) is 254 cm³/mol. The molecule has 17 heteroatoms. The Kier molecular flexibility index (Phi) is 15.1. The zero-order valence-corrected chi connectivity index (χ0v) is 41.0. The Morgan fingerprint density at radius 3 is 2.38 bits per heavy atom. The Morgan fingerprint density at radius 2 is 1.68 bits per heavy atom. The molecule has 5 bridgehead atoms. The van der Waals surface area contributed by atoms with Crippen molar-refractivity contribution < 1.29 is 53.5 Å². The van der Waals surface area contributed by atoms with E-state index in [-0.39, 0.29) is 69.4 Å². The molecule has 0 unspecified atom stereocenters. The molecular formula is C51H70N6O11. The van der Waals surface area contributed by atoms with Crippen LogP contribution in [0, 0.1) is 30.6 Å². The number of carbonyl (C=O) groups excluding carboxylic acids is 5. The number of nitrogens with one attached hydrogen (secondary N) is 2. The van der Waals surface area contributed by atoms with Gasteiger partial charge in [0.1, 0.15) is 35.4 Å². The Bertz CT molecular complexity index is 2340. The molecule has 1 aromatic carbocycles. The standard InChI is InChI=1S/C51H70N6O11/c1-28(2)27-56-21-17-51(18-22-56)53-40-37-38-45(62)33(7)47-39(37)48(64)50(8,68-47)66-25-11-10-16-34(67-36(59)26-35(58)57-20-13-19-55(9)23-24-57)31(5)44(61)32(6)43(60)29(3)14-12-15-30(4)49(65)52-42(46(38)63)41(40)54-51/h11-12,14-15,25,28-29,31-32,34,43-44,54,60-62H,10,13,16-24,26-27H2,1-9H3,(H,52,65)/b14-12+,25-11+,30-15-/t29-,31-,32+,34+,43-,44-,50-/m0/s1. The van der Waals surface area contributed by atoms with Crippen LogP contribution in [0.4, 0.5) is 0 Å². The minimum absolute atomic E-state index is 0.0231. The number of phenolic OH excluding ortho intramolecular Hbond substituents is 1. The number of likely N-dealkylation sites (tertiary alicyclic amines) is 1. The molecular weight excluding hydrogens is 873 g/mol. The van der Waals surface area contributed by atoms with E-state index in [9.17, 15) is 39.3 Å². The molecule has 0 saturated carbocycles. The maximum Gasteiger partial charge on any atom is 0.315 e. The van der Waals surface area contributed by atoms with Gasteiger partial charge in [-0.05, 0) is 58.7 Å². The second-order valence-corrected chi connectivity index (χ2v) is 20.3. The molecule has 2 amide bonds. The van der Waals surface area contributed by atoms with Gasteiger partial charge in [-0.25, -0.2) is 0 Å². The number of Topliss-reactive ketones (excluding diaryl/α,β-unsaturated/α-hetero) is 2. The number of benzene rings is 1. The topological polar surface area (TPSA) is 220 Å². The molecule has 1 aliphatic carbocycles. The number of phenols is 1. The van der Waals surface area contributed by atoms with Crippen LogP contribution in [-0.4, -0.2) is 148 Å². The van der Waals surface area contributed by atoms with Gasteiger partial charge in [-0.3, -0.25) is 29.0 Å². The lowest BCUT2D eigenvalue weighted by molar-refractivity contribution is -0.159. The first-order chi connectivity index (χ1) is 32.1. The van der Waals surface area contributed by atoms with Crippen molar-refractivity contribution in [2.45, 2.75) is 124 Å². The third-order valence-electron chi connectivity index (χ3n) is 14.5. The second-order valence-electron chi connectivity index (χ2n) is 20.3. The number of hydrogen-bond acceptors (Lipinski definition) is 15. The largest absolute Gasteiger partial charge is 0.507 e. The third kappa shape index (κ3) is 10.2. The third-order valence-corrected chi connectivity index (χ3v) is 14.5. The number of amides is 2. The van der Waals surface area contributed by atoms with Crippen molar-refractivity contribution in [2.75, 3.05) is 52.9 Å². The minimum atomic E-state index is -1.94. The number of aromatic hydroxyl groups is 1. The molecule has 68 heavy (non-hydrogen) atoms. The number of nitrogens with zero attached hydrogens (tertiary/aromatic N) is 4. The van der Waals surface area contributed by atoms with E-state index in [1.165, 1.54) is 20.1 Å². The number of piperidine rings is 1. The first-order valence-corrected chi connectivity index (χ1v) is 24.2. The normalized spacial score (nSPS) is 31.2. The number of ether oxygens (including phenoxy) is 3. The molecule has 5 N–H and O–H groups in total. The van der Waals surface area contributed by atoms with Gasteiger partial charge in [-0.2, -0.15) is 0 Å². The van der Waals surface area contributed by atoms with Gasteiger partial charge in [0.05, 0.1) is 41.0 Å². The number of carbonyl (C=O) groups is 5. The number of likely N-dealkylation sites (N-methyl/N-ethyl adjacent to an activating group) is 1. The summed E-state index contributed by atoms with van der Waals surface area (Å²) in [4.78, 5) is 81.5. The molecule has 0 aromatic heterocycles. The van der Waals surface area contributed by atoms with Gasteiger partial charge in [0, 0.05) is 93.5 Å². The van der Waals surface area contributed by atoms with E-state index in [2.05, 4.69) is 34.3 Å². The number of aliphatic hydroxyl groups excluding tert-OH is 2. The van der Waals surface area contributed by atoms with Gasteiger partial charge in [0.25, 0.3) is 11.7 Å². The quantitative estimate of drug-likeness (QED) is 0.206. The number of aliphatic imine (C=N–C) groups is 1. The Morgan fingerprint density at radius 1 is 0.956 bits per heavy atom. The lowest BCUT2D eigenvalue weighted by Crippen LogP contribution is -2.50.